The van der Waals surface area contributed by atoms with Crippen LogP contribution in [0.2, 0.25) is 0 Å². The zero-order valence-corrected chi connectivity index (χ0v) is 20.1. The average Bonchev–Trinajstić information content (AvgIpc) is 3.22. The molecule has 0 bridgehead atoms. The van der Waals surface area contributed by atoms with E-state index in [2.05, 4.69) is 26.2 Å². The quantitative estimate of drug-likeness (QED) is 0.303. The predicted molar refractivity (Wildman–Crippen MR) is 143 cm³/mol. The molecule has 170 valence electrons. The summed E-state index contributed by atoms with van der Waals surface area (Å²) in [6.45, 7) is 0. The number of anilines is 2. The number of rotatable bonds is 5. The number of carbonyl (C=O) groups is 2. The summed E-state index contributed by atoms with van der Waals surface area (Å²) in [5.41, 5.74) is 3.90. The lowest BCUT2D eigenvalue weighted by Crippen LogP contribution is -2.32. The molecule has 0 aliphatic carbocycles. The Morgan fingerprint density at radius 3 is 2.09 bits per heavy atom. The van der Waals surface area contributed by atoms with Gasteiger partial charge >= 0.3 is 0 Å². The third kappa shape index (κ3) is 4.98. The van der Waals surface area contributed by atoms with Gasteiger partial charge in [0, 0.05) is 21.3 Å². The Morgan fingerprint density at radius 2 is 1.43 bits per heavy atom. The van der Waals surface area contributed by atoms with Crippen molar-refractivity contribution in [3.8, 4) is 0 Å². The van der Waals surface area contributed by atoms with E-state index in [0.717, 1.165) is 15.6 Å². The monoisotopic (exact) mass is 521 g/mol. The number of amidine groups is 1. The van der Waals surface area contributed by atoms with Gasteiger partial charge in [0.15, 0.2) is 0 Å². The standard InChI is InChI=1S/C29H20BrN3O2/c30-23-13-15-24(16-14-23)31-28(34)22-11-17-25(18-12-22)33-27(21-9-5-2-6-10-21)32-26(29(33)35)19-20-7-3-1-4-8-20/h1-19H,(H,31,34). The maximum Gasteiger partial charge on any atom is 0.282 e. The molecular weight excluding hydrogens is 502 g/mol. The van der Waals surface area contributed by atoms with Crippen LogP contribution in [0.1, 0.15) is 21.5 Å². The molecule has 5 rings (SSSR count). The van der Waals surface area contributed by atoms with E-state index in [0.29, 0.717) is 28.5 Å². The lowest BCUT2D eigenvalue weighted by molar-refractivity contribution is -0.113. The molecule has 5 nitrogen and oxygen atoms in total. The normalized spacial score (nSPS) is 14.2. The fourth-order valence-electron chi connectivity index (χ4n) is 3.74. The second-order valence-corrected chi connectivity index (χ2v) is 8.81. The molecule has 2 amide bonds. The summed E-state index contributed by atoms with van der Waals surface area (Å²) >= 11 is 3.39. The van der Waals surface area contributed by atoms with Crippen molar-refractivity contribution in [2.24, 2.45) is 4.99 Å². The Morgan fingerprint density at radius 1 is 0.800 bits per heavy atom. The minimum Gasteiger partial charge on any atom is -0.322 e. The molecule has 0 fully saturated rings. The number of halogens is 1. The van der Waals surface area contributed by atoms with Crippen molar-refractivity contribution in [3.63, 3.8) is 0 Å². The van der Waals surface area contributed by atoms with Gasteiger partial charge in [-0.1, -0.05) is 76.6 Å². The molecule has 0 saturated carbocycles. The highest BCUT2D eigenvalue weighted by Gasteiger charge is 2.32. The third-order valence-electron chi connectivity index (χ3n) is 5.49. The van der Waals surface area contributed by atoms with Crippen LogP contribution in [-0.4, -0.2) is 17.6 Å². The molecule has 4 aromatic carbocycles. The van der Waals surface area contributed by atoms with Gasteiger partial charge in [-0.15, -0.1) is 0 Å². The zero-order chi connectivity index (χ0) is 24.2. The summed E-state index contributed by atoms with van der Waals surface area (Å²) in [6.07, 6.45) is 1.78. The van der Waals surface area contributed by atoms with Crippen LogP contribution < -0.4 is 10.2 Å². The number of benzene rings is 4. The molecule has 0 aromatic heterocycles. The number of amides is 2. The Labute approximate surface area is 211 Å². The van der Waals surface area contributed by atoms with Crippen molar-refractivity contribution >= 4 is 51.0 Å². The maximum atomic E-state index is 13.4. The van der Waals surface area contributed by atoms with Crippen molar-refractivity contribution in [3.05, 3.63) is 136 Å². The van der Waals surface area contributed by atoms with Gasteiger partial charge < -0.3 is 5.32 Å². The Bertz CT molecular complexity index is 1430. The molecule has 6 heteroatoms. The number of nitrogens with zero attached hydrogens (tertiary/aromatic N) is 2. The fraction of sp³-hybridized carbons (Fsp3) is 0. The summed E-state index contributed by atoms with van der Waals surface area (Å²) in [4.78, 5) is 32.4. The Hall–Kier alpha value is -4.29. The summed E-state index contributed by atoms with van der Waals surface area (Å²) in [5, 5.41) is 2.88. The number of nitrogens with one attached hydrogen (secondary N) is 1. The first-order chi connectivity index (χ1) is 17.1. The molecule has 0 atom stereocenters. The maximum absolute atomic E-state index is 13.4. The molecule has 0 spiro atoms. The van der Waals surface area contributed by atoms with Crippen LogP contribution in [0.3, 0.4) is 0 Å². The van der Waals surface area contributed by atoms with Crippen LogP contribution in [-0.2, 0) is 4.79 Å². The number of hydrogen-bond donors (Lipinski definition) is 1. The van der Waals surface area contributed by atoms with E-state index in [1.54, 1.807) is 35.2 Å². The lowest BCUT2D eigenvalue weighted by Gasteiger charge is -2.19. The van der Waals surface area contributed by atoms with Gasteiger partial charge in [0.25, 0.3) is 11.8 Å². The molecule has 0 unspecified atom stereocenters. The molecule has 0 radical (unpaired) electrons. The van der Waals surface area contributed by atoms with E-state index >= 15 is 0 Å². The highest BCUT2D eigenvalue weighted by Crippen LogP contribution is 2.28. The number of aliphatic imine (C=N–C) groups is 1. The highest BCUT2D eigenvalue weighted by molar-refractivity contribution is 9.10. The van der Waals surface area contributed by atoms with Crippen molar-refractivity contribution < 1.29 is 9.59 Å². The minimum atomic E-state index is -0.228. The molecule has 35 heavy (non-hydrogen) atoms. The third-order valence-corrected chi connectivity index (χ3v) is 6.01. The van der Waals surface area contributed by atoms with E-state index in [1.807, 2.05) is 84.9 Å². The summed E-state index contributed by atoms with van der Waals surface area (Å²) in [5.74, 6) is 0.0952. The van der Waals surface area contributed by atoms with Gasteiger partial charge in [0.05, 0.1) is 5.69 Å². The van der Waals surface area contributed by atoms with Crippen LogP contribution >= 0.6 is 15.9 Å². The minimum absolute atomic E-state index is 0.222. The second kappa shape index (κ2) is 9.91. The first-order valence-corrected chi connectivity index (χ1v) is 11.8. The zero-order valence-electron chi connectivity index (χ0n) is 18.6. The molecule has 0 saturated heterocycles. The molecular formula is C29H20BrN3O2. The van der Waals surface area contributed by atoms with Crippen molar-refractivity contribution in [2.75, 3.05) is 10.2 Å². The highest BCUT2D eigenvalue weighted by atomic mass is 79.9. The van der Waals surface area contributed by atoms with Gasteiger partial charge in [-0.2, -0.15) is 0 Å². The van der Waals surface area contributed by atoms with Crippen molar-refractivity contribution in [1.29, 1.82) is 0 Å². The van der Waals surface area contributed by atoms with Crippen LogP contribution in [0, 0.1) is 0 Å². The Kier molecular flexibility index (Phi) is 6.37. The Balaban J connectivity index is 1.44. The van der Waals surface area contributed by atoms with Gasteiger partial charge in [0.1, 0.15) is 11.5 Å². The average molecular weight is 522 g/mol. The molecule has 1 aliphatic heterocycles. The van der Waals surface area contributed by atoms with Crippen molar-refractivity contribution in [2.45, 2.75) is 0 Å². The van der Waals surface area contributed by atoms with Crippen LogP contribution in [0.25, 0.3) is 6.08 Å². The van der Waals surface area contributed by atoms with E-state index in [-0.39, 0.29) is 11.8 Å². The smallest absolute Gasteiger partial charge is 0.282 e. The second-order valence-electron chi connectivity index (χ2n) is 7.89. The SMILES string of the molecule is O=C(Nc1ccc(Br)cc1)c1ccc(N2C(=O)C(=Cc3ccccc3)N=C2c2ccccc2)cc1. The largest absolute Gasteiger partial charge is 0.322 e. The summed E-state index contributed by atoms with van der Waals surface area (Å²) in [6, 6.07) is 33.5. The fourth-order valence-corrected chi connectivity index (χ4v) is 4.01. The van der Waals surface area contributed by atoms with Crippen molar-refractivity contribution in [1.82, 2.24) is 0 Å². The van der Waals surface area contributed by atoms with E-state index in [1.165, 1.54) is 0 Å². The van der Waals surface area contributed by atoms with Gasteiger partial charge in [-0.25, -0.2) is 4.99 Å². The van der Waals surface area contributed by atoms with Crippen LogP contribution in [0.5, 0.6) is 0 Å². The number of hydrogen-bond acceptors (Lipinski definition) is 3. The first kappa shape index (κ1) is 22.5. The summed E-state index contributed by atoms with van der Waals surface area (Å²) in [7, 11) is 0. The molecule has 1 aliphatic rings. The number of carbonyl (C=O) groups excluding carboxylic acids is 2. The molecule has 1 N–H and O–H groups in total. The summed E-state index contributed by atoms with van der Waals surface area (Å²) < 4.78 is 0.937. The molecule has 4 aromatic rings. The first-order valence-electron chi connectivity index (χ1n) is 11.0. The van der Waals surface area contributed by atoms with Crippen LogP contribution in [0.4, 0.5) is 11.4 Å². The van der Waals surface area contributed by atoms with Gasteiger partial charge in [0.2, 0.25) is 0 Å². The van der Waals surface area contributed by atoms with Gasteiger partial charge in [-0.3, -0.25) is 14.5 Å². The van der Waals surface area contributed by atoms with E-state index < -0.39 is 0 Å². The van der Waals surface area contributed by atoms with E-state index in [4.69, 9.17) is 0 Å². The lowest BCUT2D eigenvalue weighted by atomic mass is 10.1. The van der Waals surface area contributed by atoms with E-state index in [9.17, 15) is 9.59 Å². The predicted octanol–water partition coefficient (Wildman–Crippen LogP) is 6.54. The molecule has 1 heterocycles. The topological polar surface area (TPSA) is 61.8 Å². The van der Waals surface area contributed by atoms with Crippen LogP contribution in [0.15, 0.2) is 124 Å². The van der Waals surface area contributed by atoms with Gasteiger partial charge in [-0.05, 0) is 60.2 Å².